The highest BCUT2D eigenvalue weighted by molar-refractivity contribution is 7.17. The molecule has 21 heavy (non-hydrogen) atoms. The van der Waals surface area contributed by atoms with E-state index in [0.29, 0.717) is 6.04 Å². The number of fused-ring (bicyclic) bond motifs is 2. The summed E-state index contributed by atoms with van der Waals surface area (Å²) in [4.78, 5) is 8.69. The molecule has 0 aromatic carbocycles. The van der Waals surface area contributed by atoms with Gasteiger partial charge in [0.2, 0.25) is 0 Å². The second-order valence-corrected chi connectivity index (χ2v) is 6.15. The predicted octanol–water partition coefficient (Wildman–Crippen LogP) is 2.27. The highest BCUT2D eigenvalue weighted by Gasteiger charge is 2.23. The molecule has 3 aromatic heterocycles. The van der Waals surface area contributed by atoms with Crippen molar-refractivity contribution in [2.24, 2.45) is 0 Å². The minimum absolute atomic E-state index is 0.360. The molecule has 3 aromatic rings. The lowest BCUT2D eigenvalue weighted by Gasteiger charge is -2.25. The van der Waals surface area contributed by atoms with Gasteiger partial charge in [-0.25, -0.2) is 9.97 Å². The number of anilines is 1. The van der Waals surface area contributed by atoms with E-state index in [0.717, 1.165) is 53.5 Å². The van der Waals surface area contributed by atoms with Crippen molar-refractivity contribution in [1.29, 1.82) is 0 Å². The topological polar surface area (TPSA) is 68.5 Å². The molecule has 0 spiro atoms. The molecule has 0 radical (unpaired) electrons. The van der Waals surface area contributed by atoms with Crippen molar-refractivity contribution in [3.05, 3.63) is 29.4 Å². The molecule has 4 rings (SSSR count). The van der Waals surface area contributed by atoms with Gasteiger partial charge in [-0.05, 0) is 17.9 Å². The summed E-state index contributed by atoms with van der Waals surface area (Å²) in [5.41, 5.74) is 1.01. The summed E-state index contributed by atoms with van der Waals surface area (Å²) >= 11 is 1.68. The third-order valence-electron chi connectivity index (χ3n) is 3.92. The fraction of sp³-hybridized carbons (Fsp3) is 0.429. The maximum atomic E-state index is 4.41. The van der Waals surface area contributed by atoms with Crippen LogP contribution in [-0.4, -0.2) is 30.8 Å². The summed E-state index contributed by atoms with van der Waals surface area (Å²) < 4.78 is 3.37. The Hall–Kier alpha value is -2.02. The van der Waals surface area contributed by atoms with Gasteiger partial charge >= 0.3 is 0 Å². The molecule has 108 valence electrons. The van der Waals surface area contributed by atoms with Crippen molar-refractivity contribution in [3.8, 4) is 0 Å². The van der Waals surface area contributed by atoms with Gasteiger partial charge in [0.25, 0.3) is 0 Å². The SMILES string of the molecule is CCc1nnc2n1C[C@@H](Nc1ncnc3ccsc13)CC2. The van der Waals surface area contributed by atoms with Crippen LogP contribution >= 0.6 is 11.3 Å². The smallest absolute Gasteiger partial charge is 0.147 e. The lowest BCUT2D eigenvalue weighted by Crippen LogP contribution is -2.32. The Bertz CT molecular complexity index is 763. The highest BCUT2D eigenvalue weighted by atomic mass is 32.1. The van der Waals surface area contributed by atoms with Gasteiger partial charge < -0.3 is 9.88 Å². The minimum Gasteiger partial charge on any atom is -0.364 e. The van der Waals surface area contributed by atoms with Crippen LogP contribution in [0.1, 0.15) is 25.0 Å². The van der Waals surface area contributed by atoms with Gasteiger partial charge in [-0.3, -0.25) is 0 Å². The number of nitrogens with one attached hydrogen (secondary N) is 1. The van der Waals surface area contributed by atoms with E-state index in [1.165, 1.54) is 0 Å². The van der Waals surface area contributed by atoms with Gasteiger partial charge in [0.15, 0.2) is 0 Å². The third-order valence-corrected chi connectivity index (χ3v) is 4.83. The maximum Gasteiger partial charge on any atom is 0.147 e. The van der Waals surface area contributed by atoms with E-state index in [1.807, 2.05) is 6.07 Å². The number of hydrogen-bond donors (Lipinski definition) is 1. The molecule has 0 fully saturated rings. The first-order chi connectivity index (χ1) is 10.3. The van der Waals surface area contributed by atoms with Crippen molar-refractivity contribution >= 4 is 27.4 Å². The summed E-state index contributed by atoms with van der Waals surface area (Å²) in [6.45, 7) is 3.02. The minimum atomic E-state index is 0.360. The molecule has 6 nitrogen and oxygen atoms in total. The lowest BCUT2D eigenvalue weighted by molar-refractivity contribution is 0.465. The van der Waals surface area contributed by atoms with Gasteiger partial charge in [0, 0.05) is 25.4 Å². The summed E-state index contributed by atoms with van der Waals surface area (Å²) in [7, 11) is 0. The number of aryl methyl sites for hydroxylation is 2. The molecule has 1 aliphatic rings. The molecule has 0 aliphatic carbocycles. The van der Waals surface area contributed by atoms with E-state index in [-0.39, 0.29) is 0 Å². The zero-order valence-corrected chi connectivity index (χ0v) is 12.6. The largest absolute Gasteiger partial charge is 0.364 e. The second-order valence-electron chi connectivity index (χ2n) is 5.23. The van der Waals surface area contributed by atoms with Gasteiger partial charge in [0.1, 0.15) is 23.8 Å². The molecule has 0 bridgehead atoms. The normalized spacial score (nSPS) is 17.9. The van der Waals surface area contributed by atoms with Gasteiger partial charge in [0.05, 0.1) is 10.2 Å². The molecule has 0 saturated heterocycles. The van der Waals surface area contributed by atoms with E-state index in [2.05, 4.69) is 42.4 Å². The predicted molar refractivity (Wildman–Crippen MR) is 82.5 cm³/mol. The van der Waals surface area contributed by atoms with Crippen LogP contribution in [0, 0.1) is 0 Å². The summed E-state index contributed by atoms with van der Waals surface area (Å²) in [6, 6.07) is 2.39. The molecular formula is C14H16N6S. The van der Waals surface area contributed by atoms with E-state index in [1.54, 1.807) is 17.7 Å². The van der Waals surface area contributed by atoms with E-state index in [4.69, 9.17) is 0 Å². The Kier molecular flexibility index (Phi) is 3.07. The zero-order valence-electron chi connectivity index (χ0n) is 11.8. The Morgan fingerprint density at radius 1 is 1.38 bits per heavy atom. The summed E-state index contributed by atoms with van der Waals surface area (Å²) in [5, 5.41) is 14.2. The Morgan fingerprint density at radius 2 is 2.33 bits per heavy atom. The summed E-state index contributed by atoms with van der Waals surface area (Å²) in [6.07, 6.45) is 4.56. The molecule has 0 unspecified atom stereocenters. The van der Waals surface area contributed by atoms with Crippen molar-refractivity contribution in [3.63, 3.8) is 0 Å². The Balaban J connectivity index is 1.60. The fourth-order valence-electron chi connectivity index (χ4n) is 2.85. The maximum absolute atomic E-state index is 4.41. The van der Waals surface area contributed by atoms with Crippen molar-refractivity contribution < 1.29 is 0 Å². The van der Waals surface area contributed by atoms with Crippen LogP contribution in [-0.2, 0) is 19.4 Å². The van der Waals surface area contributed by atoms with Crippen molar-refractivity contribution in [2.45, 2.75) is 38.8 Å². The monoisotopic (exact) mass is 300 g/mol. The fourth-order valence-corrected chi connectivity index (χ4v) is 3.65. The van der Waals surface area contributed by atoms with Gasteiger partial charge in [-0.1, -0.05) is 6.92 Å². The van der Waals surface area contributed by atoms with E-state index >= 15 is 0 Å². The standard InChI is InChI=1S/C14H16N6S/c1-2-11-18-19-12-4-3-9(7-20(11)12)17-14-13-10(5-6-21-13)15-8-16-14/h5-6,8-9H,2-4,7H2,1H3,(H,15,16,17)/t9-/m0/s1. The number of rotatable bonds is 3. The average Bonchev–Trinajstić information content (AvgIpc) is 3.13. The third kappa shape index (κ3) is 2.17. The second kappa shape index (κ2) is 5.07. The molecule has 1 aliphatic heterocycles. The van der Waals surface area contributed by atoms with Crippen molar-refractivity contribution in [1.82, 2.24) is 24.7 Å². The van der Waals surface area contributed by atoms with Crippen molar-refractivity contribution in [2.75, 3.05) is 5.32 Å². The molecule has 0 saturated carbocycles. The van der Waals surface area contributed by atoms with Crippen LogP contribution in [0.5, 0.6) is 0 Å². The zero-order chi connectivity index (χ0) is 14.2. The highest BCUT2D eigenvalue weighted by Crippen LogP contribution is 2.27. The Labute approximate surface area is 126 Å². The van der Waals surface area contributed by atoms with Crippen LogP contribution in [0.25, 0.3) is 10.2 Å². The molecule has 4 heterocycles. The molecule has 1 N–H and O–H groups in total. The number of hydrogen-bond acceptors (Lipinski definition) is 6. The van der Waals surface area contributed by atoms with Crippen LogP contribution in [0.4, 0.5) is 5.82 Å². The van der Waals surface area contributed by atoms with E-state index < -0.39 is 0 Å². The Morgan fingerprint density at radius 3 is 3.24 bits per heavy atom. The first-order valence-corrected chi connectivity index (χ1v) is 8.09. The molecule has 7 heteroatoms. The van der Waals surface area contributed by atoms with Crippen LogP contribution in [0.15, 0.2) is 17.8 Å². The quantitative estimate of drug-likeness (QED) is 0.803. The molecule has 0 amide bonds. The van der Waals surface area contributed by atoms with Crippen LogP contribution < -0.4 is 5.32 Å². The number of thiophene rings is 1. The number of nitrogens with zero attached hydrogens (tertiary/aromatic N) is 5. The summed E-state index contributed by atoms with van der Waals surface area (Å²) in [5.74, 6) is 3.11. The van der Waals surface area contributed by atoms with E-state index in [9.17, 15) is 0 Å². The molecule has 1 atom stereocenters. The van der Waals surface area contributed by atoms with Crippen LogP contribution in [0.2, 0.25) is 0 Å². The first-order valence-electron chi connectivity index (χ1n) is 7.21. The first kappa shape index (κ1) is 12.7. The van der Waals surface area contributed by atoms with Gasteiger partial charge in [-0.2, -0.15) is 0 Å². The average molecular weight is 300 g/mol. The van der Waals surface area contributed by atoms with Crippen LogP contribution in [0.3, 0.4) is 0 Å². The number of aromatic nitrogens is 5. The molecular weight excluding hydrogens is 284 g/mol. The lowest BCUT2D eigenvalue weighted by atomic mass is 10.1. The van der Waals surface area contributed by atoms with Gasteiger partial charge in [-0.15, -0.1) is 21.5 Å².